The van der Waals surface area contributed by atoms with E-state index >= 15 is 0 Å². The van der Waals surface area contributed by atoms with Crippen LogP contribution in [0.25, 0.3) is 11.1 Å². The molecule has 1 atom stereocenters. The van der Waals surface area contributed by atoms with E-state index in [-0.39, 0.29) is 17.6 Å². The standard InChI is InChI=1S/C26H23NO3S/c28-25(31-18-9-2-1-3-10-18)24-15-8-16-27(24)26(29)30-17-23-21-13-6-4-11-19(21)20-12-5-7-14-22(20)23/h1-7,9-14,23-24H,8,15-17H2/t24-/m1/s1. The first-order chi connectivity index (χ1) is 15.2. The van der Waals surface area contributed by atoms with Crippen molar-refractivity contribution in [2.24, 2.45) is 0 Å². The predicted octanol–water partition coefficient (Wildman–Crippen LogP) is 5.72. The average molecular weight is 430 g/mol. The molecule has 5 rings (SSSR count). The Kier molecular flexibility index (Phi) is 5.51. The molecular weight excluding hydrogens is 406 g/mol. The average Bonchev–Trinajstić information content (AvgIpc) is 3.42. The first-order valence-electron chi connectivity index (χ1n) is 10.6. The molecule has 0 radical (unpaired) electrons. The molecule has 156 valence electrons. The molecule has 1 aliphatic carbocycles. The molecule has 0 saturated carbocycles. The minimum Gasteiger partial charge on any atom is -0.448 e. The van der Waals surface area contributed by atoms with Gasteiger partial charge in [0.25, 0.3) is 0 Å². The third-order valence-corrected chi connectivity index (χ3v) is 7.04. The van der Waals surface area contributed by atoms with E-state index in [1.165, 1.54) is 34.0 Å². The third kappa shape index (κ3) is 3.86. The molecule has 4 nitrogen and oxygen atoms in total. The molecule has 0 spiro atoms. The molecule has 0 unspecified atom stereocenters. The van der Waals surface area contributed by atoms with E-state index in [2.05, 4.69) is 24.3 Å². The summed E-state index contributed by atoms with van der Waals surface area (Å²) in [5.41, 5.74) is 4.77. The Balaban J connectivity index is 1.28. The lowest BCUT2D eigenvalue weighted by molar-refractivity contribution is -0.114. The Morgan fingerprint density at radius 3 is 2.16 bits per heavy atom. The number of nitrogens with zero attached hydrogens (tertiary/aromatic N) is 1. The van der Waals surface area contributed by atoms with Crippen LogP contribution in [0.5, 0.6) is 0 Å². The van der Waals surface area contributed by atoms with Crippen LogP contribution in [0.2, 0.25) is 0 Å². The fraction of sp³-hybridized carbons (Fsp3) is 0.231. The lowest BCUT2D eigenvalue weighted by Gasteiger charge is -2.24. The number of benzene rings is 3. The van der Waals surface area contributed by atoms with E-state index in [1.54, 1.807) is 4.90 Å². The highest BCUT2D eigenvalue weighted by Gasteiger charge is 2.36. The van der Waals surface area contributed by atoms with Gasteiger partial charge in [-0.25, -0.2) is 4.79 Å². The first-order valence-corrected chi connectivity index (χ1v) is 11.4. The highest BCUT2D eigenvalue weighted by atomic mass is 32.2. The fourth-order valence-corrected chi connectivity index (χ4v) is 5.49. The number of hydrogen-bond acceptors (Lipinski definition) is 4. The summed E-state index contributed by atoms with van der Waals surface area (Å²) in [5.74, 6) is 0.0202. The van der Waals surface area contributed by atoms with Crippen LogP contribution in [0, 0.1) is 0 Å². The summed E-state index contributed by atoms with van der Waals surface area (Å²) in [6.07, 6.45) is 1.10. The van der Waals surface area contributed by atoms with Crippen molar-refractivity contribution in [3.8, 4) is 11.1 Å². The van der Waals surface area contributed by atoms with Crippen molar-refractivity contribution in [3.05, 3.63) is 90.0 Å². The number of fused-ring (bicyclic) bond motifs is 3. The Morgan fingerprint density at radius 1 is 0.871 bits per heavy atom. The van der Waals surface area contributed by atoms with Gasteiger partial charge in [0.15, 0.2) is 0 Å². The zero-order valence-corrected chi connectivity index (χ0v) is 17.9. The van der Waals surface area contributed by atoms with E-state index in [9.17, 15) is 9.59 Å². The molecule has 0 aromatic heterocycles. The van der Waals surface area contributed by atoms with Crippen LogP contribution in [-0.4, -0.2) is 35.3 Å². The van der Waals surface area contributed by atoms with Crippen molar-refractivity contribution < 1.29 is 14.3 Å². The topological polar surface area (TPSA) is 46.6 Å². The lowest BCUT2D eigenvalue weighted by atomic mass is 9.98. The number of hydrogen-bond donors (Lipinski definition) is 0. The second-order valence-electron chi connectivity index (χ2n) is 7.89. The van der Waals surface area contributed by atoms with Gasteiger partial charge in [0, 0.05) is 17.4 Å². The van der Waals surface area contributed by atoms with Crippen molar-refractivity contribution in [2.45, 2.75) is 29.7 Å². The number of ether oxygens (including phenoxy) is 1. The first kappa shape index (κ1) is 19.9. The molecule has 1 fully saturated rings. The largest absolute Gasteiger partial charge is 0.448 e. The molecule has 1 saturated heterocycles. The van der Waals surface area contributed by atoms with Gasteiger partial charge in [0.05, 0.1) is 0 Å². The van der Waals surface area contributed by atoms with Crippen LogP contribution in [0.3, 0.4) is 0 Å². The summed E-state index contributed by atoms with van der Waals surface area (Å²) in [7, 11) is 0. The monoisotopic (exact) mass is 429 g/mol. The summed E-state index contributed by atoms with van der Waals surface area (Å²) >= 11 is 1.20. The van der Waals surface area contributed by atoms with Crippen molar-refractivity contribution >= 4 is 23.0 Å². The van der Waals surface area contributed by atoms with Gasteiger partial charge < -0.3 is 4.74 Å². The number of carbonyl (C=O) groups is 2. The zero-order chi connectivity index (χ0) is 21.2. The maximum atomic E-state index is 12.9. The van der Waals surface area contributed by atoms with Crippen LogP contribution in [0.1, 0.15) is 29.9 Å². The Hall–Kier alpha value is -3.05. The smallest absolute Gasteiger partial charge is 0.410 e. The summed E-state index contributed by atoms with van der Waals surface area (Å²) in [5, 5.41) is -0.00259. The number of carbonyl (C=O) groups excluding carboxylic acids is 2. The van der Waals surface area contributed by atoms with E-state index in [4.69, 9.17) is 4.74 Å². The van der Waals surface area contributed by atoms with Gasteiger partial charge in [-0.1, -0.05) is 66.7 Å². The SMILES string of the molecule is O=C(Sc1ccccc1)[C@H]1CCCN1C(=O)OCC1c2ccccc2-c2ccccc21. The van der Waals surface area contributed by atoms with E-state index in [0.29, 0.717) is 13.0 Å². The molecular formula is C26H23NO3S. The van der Waals surface area contributed by atoms with E-state index < -0.39 is 12.1 Å². The number of likely N-dealkylation sites (tertiary alicyclic amines) is 1. The second kappa shape index (κ2) is 8.60. The van der Waals surface area contributed by atoms with Crippen molar-refractivity contribution in [1.29, 1.82) is 0 Å². The molecule has 1 aliphatic heterocycles. The van der Waals surface area contributed by atoms with Crippen LogP contribution < -0.4 is 0 Å². The molecule has 1 heterocycles. The quantitative estimate of drug-likeness (QED) is 0.498. The molecule has 3 aromatic rings. The van der Waals surface area contributed by atoms with Crippen molar-refractivity contribution in [2.75, 3.05) is 13.2 Å². The maximum Gasteiger partial charge on any atom is 0.410 e. The molecule has 0 bridgehead atoms. The van der Waals surface area contributed by atoms with Gasteiger partial charge in [0.2, 0.25) is 5.12 Å². The summed E-state index contributed by atoms with van der Waals surface area (Å²) in [6.45, 7) is 0.832. The Morgan fingerprint density at radius 2 is 1.48 bits per heavy atom. The molecule has 31 heavy (non-hydrogen) atoms. The van der Waals surface area contributed by atoms with Crippen LogP contribution in [-0.2, 0) is 9.53 Å². The summed E-state index contributed by atoms with van der Waals surface area (Å²) in [6, 6.07) is 25.7. The van der Waals surface area contributed by atoms with E-state index in [1.807, 2.05) is 54.6 Å². The van der Waals surface area contributed by atoms with Gasteiger partial charge in [-0.05, 0) is 59.0 Å². The highest BCUT2D eigenvalue weighted by Crippen LogP contribution is 2.44. The zero-order valence-electron chi connectivity index (χ0n) is 17.1. The highest BCUT2D eigenvalue weighted by molar-refractivity contribution is 8.13. The van der Waals surface area contributed by atoms with Crippen LogP contribution in [0.15, 0.2) is 83.8 Å². The van der Waals surface area contributed by atoms with Crippen LogP contribution in [0.4, 0.5) is 4.79 Å². The van der Waals surface area contributed by atoms with Gasteiger partial charge in [-0.2, -0.15) is 0 Å². The normalized spacial score (nSPS) is 17.3. The van der Waals surface area contributed by atoms with Gasteiger partial charge in [0.1, 0.15) is 12.6 Å². The summed E-state index contributed by atoms with van der Waals surface area (Å²) < 4.78 is 5.78. The van der Waals surface area contributed by atoms with E-state index in [0.717, 1.165) is 11.3 Å². The van der Waals surface area contributed by atoms with Crippen LogP contribution >= 0.6 is 11.8 Å². The Labute approximate surface area is 186 Å². The molecule has 2 aliphatic rings. The van der Waals surface area contributed by atoms with Gasteiger partial charge >= 0.3 is 6.09 Å². The predicted molar refractivity (Wildman–Crippen MR) is 122 cm³/mol. The number of thioether (sulfide) groups is 1. The fourth-order valence-electron chi connectivity index (χ4n) is 4.58. The maximum absolute atomic E-state index is 12.9. The molecule has 0 N–H and O–H groups in total. The minimum absolute atomic E-state index is 0.00259. The van der Waals surface area contributed by atoms with Gasteiger partial charge in [-0.3, -0.25) is 9.69 Å². The van der Waals surface area contributed by atoms with Gasteiger partial charge in [-0.15, -0.1) is 0 Å². The molecule has 3 aromatic carbocycles. The number of amides is 1. The molecule has 1 amide bonds. The van der Waals surface area contributed by atoms with Crippen molar-refractivity contribution in [3.63, 3.8) is 0 Å². The molecule has 5 heteroatoms. The van der Waals surface area contributed by atoms with Crippen molar-refractivity contribution in [1.82, 2.24) is 4.90 Å². The lowest BCUT2D eigenvalue weighted by Crippen LogP contribution is -2.40. The third-order valence-electron chi connectivity index (χ3n) is 6.06. The Bertz CT molecular complexity index is 1070. The minimum atomic E-state index is -0.430. The number of rotatable bonds is 4. The summed E-state index contributed by atoms with van der Waals surface area (Å²) in [4.78, 5) is 28.3. The second-order valence-corrected chi connectivity index (χ2v) is 8.97.